The minimum atomic E-state index is -0.357. The summed E-state index contributed by atoms with van der Waals surface area (Å²) in [5, 5.41) is 0. The Morgan fingerprint density at radius 3 is 2.75 bits per heavy atom. The van der Waals surface area contributed by atoms with Gasteiger partial charge < -0.3 is 4.74 Å². The lowest BCUT2D eigenvalue weighted by Crippen LogP contribution is -2.53. The van der Waals surface area contributed by atoms with Crippen molar-refractivity contribution in [2.24, 2.45) is 5.92 Å². The molecule has 0 aromatic heterocycles. The van der Waals surface area contributed by atoms with E-state index in [9.17, 15) is 4.79 Å². The zero-order valence-corrected chi connectivity index (χ0v) is 13.0. The topological polar surface area (TPSA) is 29.5 Å². The summed E-state index contributed by atoms with van der Waals surface area (Å²) in [6.07, 6.45) is 4.23. The second-order valence-corrected chi connectivity index (χ2v) is 6.19. The van der Waals surface area contributed by atoms with Crippen molar-refractivity contribution >= 4 is 5.78 Å². The number of benzene rings is 1. The lowest BCUT2D eigenvalue weighted by Gasteiger charge is -2.43. The first kappa shape index (κ1) is 15.0. The molecular weight excluding hydrogens is 250 g/mol. The summed E-state index contributed by atoms with van der Waals surface area (Å²) in [7, 11) is 5.68. The summed E-state index contributed by atoms with van der Waals surface area (Å²) >= 11 is 0. The minimum absolute atomic E-state index is 0.230. The smallest absolute Gasteiger partial charge is 0.183 e. The Labute approximate surface area is 121 Å². The molecule has 1 fully saturated rings. The summed E-state index contributed by atoms with van der Waals surface area (Å²) in [6.45, 7) is 2.25. The van der Waals surface area contributed by atoms with E-state index < -0.39 is 0 Å². The predicted molar refractivity (Wildman–Crippen MR) is 81.4 cm³/mol. The quantitative estimate of drug-likeness (QED) is 0.789. The lowest BCUT2D eigenvalue weighted by molar-refractivity contribution is 0.0486. The second-order valence-electron chi connectivity index (χ2n) is 6.19. The van der Waals surface area contributed by atoms with E-state index in [4.69, 9.17) is 4.74 Å². The van der Waals surface area contributed by atoms with Gasteiger partial charge in [-0.15, -0.1) is 0 Å². The molecule has 1 aliphatic carbocycles. The van der Waals surface area contributed by atoms with Crippen molar-refractivity contribution in [1.82, 2.24) is 4.90 Å². The van der Waals surface area contributed by atoms with Crippen LogP contribution in [0.2, 0.25) is 0 Å². The maximum absolute atomic E-state index is 13.1. The molecule has 0 bridgehead atoms. The third-order valence-corrected chi connectivity index (χ3v) is 4.58. The molecule has 1 aliphatic rings. The SMILES string of the molecule is COc1cccc(C(=O)C2(N(C)C)CCCC(C)C2)c1. The van der Waals surface area contributed by atoms with Gasteiger partial charge >= 0.3 is 0 Å². The Kier molecular flexibility index (Phi) is 4.48. The number of nitrogens with zero attached hydrogens (tertiary/aromatic N) is 1. The normalized spacial score (nSPS) is 26.6. The van der Waals surface area contributed by atoms with E-state index in [0.717, 1.165) is 30.6 Å². The van der Waals surface area contributed by atoms with Crippen LogP contribution in [0.15, 0.2) is 24.3 Å². The van der Waals surface area contributed by atoms with Gasteiger partial charge in [-0.2, -0.15) is 0 Å². The van der Waals surface area contributed by atoms with Crippen molar-refractivity contribution in [2.75, 3.05) is 21.2 Å². The summed E-state index contributed by atoms with van der Waals surface area (Å²) in [4.78, 5) is 15.2. The van der Waals surface area contributed by atoms with Crippen LogP contribution in [0, 0.1) is 5.92 Å². The number of carbonyl (C=O) groups excluding carboxylic acids is 1. The average Bonchev–Trinajstić information content (AvgIpc) is 2.46. The van der Waals surface area contributed by atoms with E-state index in [1.165, 1.54) is 6.42 Å². The first-order chi connectivity index (χ1) is 9.49. The molecule has 1 aromatic carbocycles. The molecule has 0 aliphatic heterocycles. The van der Waals surface area contributed by atoms with E-state index in [-0.39, 0.29) is 11.3 Å². The standard InChI is InChI=1S/C17H25NO2/c1-13-7-6-10-17(12-13,18(2)3)16(19)14-8-5-9-15(11-14)20-4/h5,8-9,11,13H,6-7,10,12H2,1-4H3. The van der Waals surface area contributed by atoms with Crippen LogP contribution >= 0.6 is 0 Å². The van der Waals surface area contributed by atoms with Crippen LogP contribution in [0.1, 0.15) is 43.0 Å². The Balaban J connectivity index is 2.36. The van der Waals surface area contributed by atoms with E-state index in [1.54, 1.807) is 7.11 Å². The average molecular weight is 275 g/mol. The van der Waals surface area contributed by atoms with Gasteiger partial charge in [-0.1, -0.05) is 31.9 Å². The van der Waals surface area contributed by atoms with E-state index in [0.29, 0.717) is 5.92 Å². The van der Waals surface area contributed by atoms with Crippen molar-refractivity contribution in [1.29, 1.82) is 0 Å². The fourth-order valence-electron chi connectivity index (χ4n) is 3.37. The molecule has 0 N–H and O–H groups in total. The molecule has 0 spiro atoms. The molecule has 110 valence electrons. The molecule has 2 rings (SSSR count). The molecule has 20 heavy (non-hydrogen) atoms. The van der Waals surface area contributed by atoms with E-state index in [2.05, 4.69) is 11.8 Å². The van der Waals surface area contributed by atoms with Crippen molar-refractivity contribution in [3.8, 4) is 5.75 Å². The molecule has 3 heteroatoms. The third-order valence-electron chi connectivity index (χ3n) is 4.58. The summed E-state index contributed by atoms with van der Waals surface area (Å²) < 4.78 is 5.24. The third kappa shape index (κ3) is 2.73. The Morgan fingerprint density at radius 2 is 2.15 bits per heavy atom. The number of carbonyl (C=O) groups is 1. The van der Waals surface area contributed by atoms with Gasteiger partial charge in [0.1, 0.15) is 5.75 Å². The number of ketones is 1. The fraction of sp³-hybridized carbons (Fsp3) is 0.588. The predicted octanol–water partition coefficient (Wildman–Crippen LogP) is 3.39. The molecule has 0 saturated heterocycles. The largest absolute Gasteiger partial charge is 0.497 e. The van der Waals surface area contributed by atoms with Gasteiger partial charge in [-0.25, -0.2) is 0 Å². The highest BCUT2D eigenvalue weighted by atomic mass is 16.5. The summed E-state index contributed by atoms with van der Waals surface area (Å²) in [6, 6.07) is 7.52. The summed E-state index contributed by atoms with van der Waals surface area (Å²) in [5.41, 5.74) is 0.400. The second kappa shape index (κ2) is 5.96. The van der Waals surface area contributed by atoms with Crippen LogP contribution in [0.4, 0.5) is 0 Å². The highest BCUT2D eigenvalue weighted by Gasteiger charge is 2.43. The molecule has 0 radical (unpaired) electrons. The Bertz CT molecular complexity index is 484. The highest BCUT2D eigenvalue weighted by Crippen LogP contribution is 2.38. The molecule has 1 aromatic rings. The summed E-state index contributed by atoms with van der Waals surface area (Å²) in [5.74, 6) is 1.57. The molecule has 2 atom stereocenters. The van der Waals surface area contributed by atoms with Crippen LogP contribution < -0.4 is 4.74 Å². The maximum atomic E-state index is 13.1. The van der Waals surface area contributed by atoms with Crippen LogP contribution in [0.25, 0.3) is 0 Å². The van der Waals surface area contributed by atoms with Crippen molar-refractivity contribution < 1.29 is 9.53 Å². The van der Waals surface area contributed by atoms with Gasteiger partial charge in [0, 0.05) is 5.56 Å². The lowest BCUT2D eigenvalue weighted by atomic mass is 9.71. The fourth-order valence-corrected chi connectivity index (χ4v) is 3.37. The molecule has 2 unspecified atom stereocenters. The van der Waals surface area contributed by atoms with Crippen LogP contribution in [0.5, 0.6) is 5.75 Å². The maximum Gasteiger partial charge on any atom is 0.183 e. The van der Waals surface area contributed by atoms with Crippen LogP contribution in [-0.4, -0.2) is 37.4 Å². The first-order valence-corrected chi connectivity index (χ1v) is 7.36. The van der Waals surface area contributed by atoms with Crippen LogP contribution in [0.3, 0.4) is 0 Å². The molecule has 1 saturated carbocycles. The molecule has 3 nitrogen and oxygen atoms in total. The number of hydrogen-bond acceptors (Lipinski definition) is 3. The molecule has 0 amide bonds. The molecular formula is C17H25NO2. The zero-order chi connectivity index (χ0) is 14.8. The van der Waals surface area contributed by atoms with Gasteiger partial charge in [0.2, 0.25) is 0 Å². The Morgan fingerprint density at radius 1 is 1.40 bits per heavy atom. The zero-order valence-electron chi connectivity index (χ0n) is 13.0. The van der Waals surface area contributed by atoms with Gasteiger partial charge in [-0.3, -0.25) is 9.69 Å². The van der Waals surface area contributed by atoms with E-state index >= 15 is 0 Å². The number of rotatable bonds is 4. The number of likely N-dealkylation sites (N-methyl/N-ethyl adjacent to an activating group) is 1. The Hall–Kier alpha value is -1.35. The van der Waals surface area contributed by atoms with Crippen molar-refractivity contribution in [3.63, 3.8) is 0 Å². The van der Waals surface area contributed by atoms with Gasteiger partial charge in [0.25, 0.3) is 0 Å². The number of hydrogen-bond donors (Lipinski definition) is 0. The number of methoxy groups -OCH3 is 1. The van der Waals surface area contributed by atoms with E-state index in [1.807, 2.05) is 38.4 Å². The minimum Gasteiger partial charge on any atom is -0.497 e. The first-order valence-electron chi connectivity index (χ1n) is 7.36. The van der Waals surface area contributed by atoms with Gasteiger partial charge in [0.15, 0.2) is 5.78 Å². The van der Waals surface area contributed by atoms with Gasteiger partial charge in [0.05, 0.1) is 12.6 Å². The number of Topliss-reactive ketones (excluding diaryl/α,β-unsaturated/α-hetero) is 1. The highest BCUT2D eigenvalue weighted by molar-refractivity contribution is 6.03. The molecule has 0 heterocycles. The van der Waals surface area contributed by atoms with Gasteiger partial charge in [-0.05, 0) is 45.0 Å². The van der Waals surface area contributed by atoms with Crippen molar-refractivity contribution in [3.05, 3.63) is 29.8 Å². The van der Waals surface area contributed by atoms with Crippen LogP contribution in [-0.2, 0) is 0 Å². The number of ether oxygens (including phenoxy) is 1. The van der Waals surface area contributed by atoms with Crippen molar-refractivity contribution in [2.45, 2.75) is 38.1 Å². The monoisotopic (exact) mass is 275 g/mol.